The molecule has 1 heterocycles. The van der Waals surface area contributed by atoms with Gasteiger partial charge in [0.2, 0.25) is 0 Å². The Kier molecular flexibility index (Phi) is 4.69. The molecule has 1 saturated heterocycles. The monoisotopic (exact) mass is 284 g/mol. The maximum absolute atomic E-state index is 13.2. The van der Waals surface area contributed by atoms with E-state index in [-0.39, 0.29) is 5.82 Å². The van der Waals surface area contributed by atoms with Gasteiger partial charge in [-0.2, -0.15) is 0 Å². The van der Waals surface area contributed by atoms with Crippen LogP contribution >= 0.6 is 11.6 Å². The molecule has 3 atom stereocenters. The third kappa shape index (κ3) is 3.21. The number of rotatable bonds is 3. The molecule has 106 valence electrons. The average molecular weight is 285 g/mol. The normalized spacial score (nSPS) is 25.4. The van der Waals surface area contributed by atoms with Crippen molar-refractivity contribution in [1.82, 2.24) is 5.32 Å². The first-order chi connectivity index (χ1) is 9.02. The lowest BCUT2D eigenvalue weighted by molar-refractivity contribution is 0.316. The van der Waals surface area contributed by atoms with Crippen LogP contribution in [0.15, 0.2) is 18.2 Å². The van der Waals surface area contributed by atoms with Crippen LogP contribution in [0.5, 0.6) is 0 Å². The molecule has 1 aliphatic rings. The van der Waals surface area contributed by atoms with E-state index in [2.05, 4.69) is 31.0 Å². The number of benzene rings is 1. The van der Waals surface area contributed by atoms with Crippen LogP contribution in [-0.4, -0.2) is 25.2 Å². The summed E-state index contributed by atoms with van der Waals surface area (Å²) in [5, 5.41) is 4.09. The molecule has 1 aromatic rings. The van der Waals surface area contributed by atoms with Crippen molar-refractivity contribution in [1.29, 1.82) is 0 Å². The van der Waals surface area contributed by atoms with E-state index in [0.717, 1.165) is 25.2 Å². The summed E-state index contributed by atoms with van der Waals surface area (Å²) < 4.78 is 13.2. The number of hydrogen-bond donors (Lipinski definition) is 1. The lowest BCUT2D eigenvalue weighted by Gasteiger charge is -2.42. The lowest BCUT2D eigenvalue weighted by atomic mass is 9.95. The summed E-state index contributed by atoms with van der Waals surface area (Å²) in [4.78, 5) is 2.29. The third-order valence-electron chi connectivity index (χ3n) is 4.15. The highest BCUT2D eigenvalue weighted by Crippen LogP contribution is 2.30. The van der Waals surface area contributed by atoms with Crippen molar-refractivity contribution in [2.75, 3.05) is 18.0 Å². The van der Waals surface area contributed by atoms with Crippen molar-refractivity contribution in [3.63, 3.8) is 0 Å². The first kappa shape index (κ1) is 14.6. The Hall–Kier alpha value is -0.800. The molecule has 0 amide bonds. The van der Waals surface area contributed by atoms with Gasteiger partial charge in [0.25, 0.3) is 0 Å². The van der Waals surface area contributed by atoms with Gasteiger partial charge >= 0.3 is 0 Å². The highest BCUT2D eigenvalue weighted by molar-refractivity contribution is 6.33. The van der Waals surface area contributed by atoms with Gasteiger partial charge in [0, 0.05) is 25.2 Å². The summed E-state index contributed by atoms with van der Waals surface area (Å²) in [5.74, 6) is 0.337. The van der Waals surface area contributed by atoms with Crippen LogP contribution in [0, 0.1) is 11.7 Å². The van der Waals surface area contributed by atoms with Gasteiger partial charge in [-0.25, -0.2) is 4.39 Å². The molecule has 0 radical (unpaired) electrons. The molecule has 4 heteroatoms. The van der Waals surface area contributed by atoms with E-state index >= 15 is 0 Å². The highest BCUT2D eigenvalue weighted by Gasteiger charge is 2.28. The maximum atomic E-state index is 13.2. The second-order valence-electron chi connectivity index (χ2n) is 5.50. The minimum atomic E-state index is -0.282. The minimum Gasteiger partial charge on any atom is -0.365 e. The SMILES string of the molecule is CCC(C)C1CN(c2ccc(F)cc2Cl)C(C)CN1. The number of nitrogens with zero attached hydrogens (tertiary/aromatic N) is 1. The Morgan fingerprint density at radius 1 is 1.53 bits per heavy atom. The van der Waals surface area contributed by atoms with Crippen LogP contribution in [0.2, 0.25) is 5.02 Å². The van der Waals surface area contributed by atoms with Gasteiger partial charge < -0.3 is 10.2 Å². The molecule has 0 aliphatic carbocycles. The smallest absolute Gasteiger partial charge is 0.124 e. The standard InChI is InChI=1S/C15H22ClFN2/c1-4-10(2)14-9-19(11(3)8-18-14)15-6-5-12(17)7-13(15)16/h5-7,10-11,14,18H,4,8-9H2,1-3H3. The fraction of sp³-hybridized carbons (Fsp3) is 0.600. The zero-order valence-corrected chi connectivity index (χ0v) is 12.5. The van der Waals surface area contributed by atoms with Crippen molar-refractivity contribution in [3.8, 4) is 0 Å². The van der Waals surface area contributed by atoms with Gasteiger partial charge in [0.1, 0.15) is 5.82 Å². The van der Waals surface area contributed by atoms with Crippen molar-refractivity contribution in [2.24, 2.45) is 5.92 Å². The summed E-state index contributed by atoms with van der Waals surface area (Å²) in [5.41, 5.74) is 0.936. The Labute approximate surface area is 119 Å². The second-order valence-corrected chi connectivity index (χ2v) is 5.90. The quantitative estimate of drug-likeness (QED) is 0.911. The summed E-state index contributed by atoms with van der Waals surface area (Å²) >= 11 is 6.19. The van der Waals surface area contributed by atoms with E-state index in [1.54, 1.807) is 6.07 Å². The largest absolute Gasteiger partial charge is 0.365 e. The first-order valence-electron chi connectivity index (χ1n) is 6.98. The Balaban J connectivity index is 2.21. The van der Waals surface area contributed by atoms with Crippen LogP contribution in [0.1, 0.15) is 27.2 Å². The summed E-state index contributed by atoms with van der Waals surface area (Å²) in [7, 11) is 0. The summed E-state index contributed by atoms with van der Waals surface area (Å²) in [6.07, 6.45) is 1.15. The van der Waals surface area contributed by atoms with Crippen molar-refractivity contribution in [2.45, 2.75) is 39.3 Å². The predicted molar refractivity (Wildman–Crippen MR) is 79.5 cm³/mol. The number of hydrogen-bond acceptors (Lipinski definition) is 2. The van der Waals surface area contributed by atoms with Crippen molar-refractivity contribution in [3.05, 3.63) is 29.0 Å². The molecule has 0 bridgehead atoms. The van der Waals surface area contributed by atoms with E-state index in [1.807, 2.05) is 0 Å². The van der Waals surface area contributed by atoms with E-state index in [9.17, 15) is 4.39 Å². The number of anilines is 1. The van der Waals surface area contributed by atoms with Crippen LogP contribution < -0.4 is 10.2 Å². The van der Waals surface area contributed by atoms with Gasteiger partial charge in [-0.3, -0.25) is 0 Å². The predicted octanol–water partition coefficient (Wildman–Crippen LogP) is 3.69. The Morgan fingerprint density at radius 3 is 2.89 bits per heavy atom. The number of nitrogens with one attached hydrogen (secondary N) is 1. The lowest BCUT2D eigenvalue weighted by Crippen LogP contribution is -2.57. The molecule has 2 nitrogen and oxygen atoms in total. The molecule has 2 rings (SSSR count). The zero-order chi connectivity index (χ0) is 14.0. The zero-order valence-electron chi connectivity index (χ0n) is 11.8. The first-order valence-corrected chi connectivity index (χ1v) is 7.35. The van der Waals surface area contributed by atoms with Crippen LogP contribution in [-0.2, 0) is 0 Å². The number of piperazine rings is 1. The van der Waals surface area contributed by atoms with Crippen LogP contribution in [0.25, 0.3) is 0 Å². The third-order valence-corrected chi connectivity index (χ3v) is 4.45. The topological polar surface area (TPSA) is 15.3 Å². The molecule has 3 unspecified atom stereocenters. The van der Waals surface area contributed by atoms with Crippen molar-refractivity contribution < 1.29 is 4.39 Å². The van der Waals surface area contributed by atoms with E-state index in [4.69, 9.17) is 11.6 Å². The van der Waals surface area contributed by atoms with Crippen LogP contribution in [0.4, 0.5) is 10.1 Å². The van der Waals surface area contributed by atoms with Gasteiger partial charge in [-0.1, -0.05) is 31.9 Å². The molecule has 0 spiro atoms. The molecule has 1 fully saturated rings. The second kappa shape index (κ2) is 6.10. The maximum Gasteiger partial charge on any atom is 0.124 e. The van der Waals surface area contributed by atoms with Crippen LogP contribution in [0.3, 0.4) is 0 Å². The number of halogens is 2. The van der Waals surface area contributed by atoms with Crippen molar-refractivity contribution >= 4 is 17.3 Å². The van der Waals surface area contributed by atoms with E-state index < -0.39 is 0 Å². The molecular weight excluding hydrogens is 263 g/mol. The van der Waals surface area contributed by atoms with Gasteiger partial charge in [-0.15, -0.1) is 0 Å². The fourth-order valence-electron chi connectivity index (χ4n) is 2.60. The van der Waals surface area contributed by atoms with E-state index in [1.165, 1.54) is 12.1 Å². The minimum absolute atomic E-state index is 0.282. The Morgan fingerprint density at radius 2 is 2.26 bits per heavy atom. The molecular formula is C15H22ClFN2. The molecule has 1 N–H and O–H groups in total. The molecule has 1 aromatic carbocycles. The molecule has 19 heavy (non-hydrogen) atoms. The summed E-state index contributed by atoms with van der Waals surface area (Å²) in [6.45, 7) is 8.49. The summed E-state index contributed by atoms with van der Waals surface area (Å²) in [6, 6.07) is 5.48. The molecule has 0 saturated carbocycles. The van der Waals surface area contributed by atoms with Gasteiger partial charge in [0.05, 0.1) is 10.7 Å². The molecule has 1 aliphatic heterocycles. The average Bonchev–Trinajstić information content (AvgIpc) is 2.39. The molecule has 0 aromatic heterocycles. The van der Waals surface area contributed by atoms with Gasteiger partial charge in [-0.05, 0) is 31.0 Å². The van der Waals surface area contributed by atoms with Gasteiger partial charge in [0.15, 0.2) is 0 Å². The fourth-order valence-corrected chi connectivity index (χ4v) is 2.88. The highest BCUT2D eigenvalue weighted by atomic mass is 35.5. The van der Waals surface area contributed by atoms with E-state index in [0.29, 0.717) is 23.0 Å². The Bertz CT molecular complexity index is 438.